The molecule has 3 aromatic rings. The van der Waals surface area contributed by atoms with E-state index >= 15 is 0 Å². The lowest BCUT2D eigenvalue weighted by Gasteiger charge is -2.19. The summed E-state index contributed by atoms with van der Waals surface area (Å²) >= 11 is 0. The van der Waals surface area contributed by atoms with Gasteiger partial charge in [0.25, 0.3) is 0 Å². The third-order valence-corrected chi connectivity index (χ3v) is 3.50. The van der Waals surface area contributed by atoms with Gasteiger partial charge in [-0.3, -0.25) is 4.79 Å². The molecule has 124 valence electrons. The van der Waals surface area contributed by atoms with Crippen molar-refractivity contribution in [2.24, 2.45) is 5.41 Å². The molecule has 0 saturated heterocycles. The lowest BCUT2D eigenvalue weighted by Crippen LogP contribution is -2.28. The van der Waals surface area contributed by atoms with Crippen LogP contribution in [0, 0.1) is 5.41 Å². The summed E-state index contributed by atoms with van der Waals surface area (Å²) in [6.07, 6.45) is 1.98. The van der Waals surface area contributed by atoms with Crippen molar-refractivity contribution >= 4 is 11.6 Å². The Morgan fingerprint density at radius 3 is 2.67 bits per heavy atom. The number of hydrogen-bond acceptors (Lipinski definition) is 5. The highest BCUT2D eigenvalue weighted by Gasteiger charge is 2.22. The zero-order valence-corrected chi connectivity index (χ0v) is 13.9. The fourth-order valence-electron chi connectivity index (χ4n) is 2.10. The second-order valence-corrected chi connectivity index (χ2v) is 6.53. The van der Waals surface area contributed by atoms with Crippen molar-refractivity contribution in [3.8, 4) is 11.6 Å². The Hall–Kier alpha value is -2.89. The zero-order valence-electron chi connectivity index (χ0n) is 13.9. The van der Waals surface area contributed by atoms with Gasteiger partial charge in [-0.2, -0.15) is 4.98 Å². The number of nitrogens with zero attached hydrogens (tertiary/aromatic N) is 2. The average Bonchev–Trinajstić information content (AvgIpc) is 3.19. The number of nitrogens with one attached hydrogen (secondary N) is 1. The van der Waals surface area contributed by atoms with E-state index in [1.54, 1.807) is 18.4 Å². The number of aromatic nitrogens is 2. The number of amides is 1. The normalized spacial score (nSPS) is 11.5. The smallest absolute Gasteiger partial charge is 0.238 e. The van der Waals surface area contributed by atoms with Crippen LogP contribution in [0.5, 0.6) is 0 Å². The van der Waals surface area contributed by atoms with Crippen molar-refractivity contribution < 1.29 is 13.7 Å². The van der Waals surface area contributed by atoms with Gasteiger partial charge >= 0.3 is 0 Å². The van der Waals surface area contributed by atoms with E-state index in [4.69, 9.17) is 8.94 Å². The molecule has 0 fully saturated rings. The predicted molar refractivity (Wildman–Crippen MR) is 89.3 cm³/mol. The molecule has 1 N–H and O–H groups in total. The number of carbonyl (C=O) groups is 1. The van der Waals surface area contributed by atoms with Crippen LogP contribution < -0.4 is 5.32 Å². The Morgan fingerprint density at radius 1 is 1.17 bits per heavy atom. The third kappa shape index (κ3) is 3.53. The second-order valence-electron chi connectivity index (χ2n) is 6.53. The fourth-order valence-corrected chi connectivity index (χ4v) is 2.10. The van der Waals surface area contributed by atoms with Gasteiger partial charge in [-0.15, -0.1) is 0 Å². The largest absolute Gasteiger partial charge is 0.461 e. The molecule has 2 heterocycles. The molecule has 0 spiro atoms. The molecule has 0 aliphatic carbocycles. The highest BCUT2D eigenvalue weighted by atomic mass is 16.5. The summed E-state index contributed by atoms with van der Waals surface area (Å²) < 4.78 is 10.5. The van der Waals surface area contributed by atoms with Gasteiger partial charge in [0.2, 0.25) is 17.6 Å². The molecule has 0 aliphatic rings. The third-order valence-electron chi connectivity index (χ3n) is 3.50. The van der Waals surface area contributed by atoms with E-state index in [1.807, 2.05) is 45.0 Å². The van der Waals surface area contributed by atoms with Crippen LogP contribution in [0.2, 0.25) is 0 Å². The Bertz CT molecular complexity index is 829. The number of rotatable bonds is 4. The molecule has 6 nitrogen and oxygen atoms in total. The number of hydrogen-bond donors (Lipinski definition) is 1. The monoisotopic (exact) mass is 325 g/mol. The Balaban J connectivity index is 1.80. The van der Waals surface area contributed by atoms with Gasteiger partial charge in [0.15, 0.2) is 5.76 Å². The SMILES string of the molecule is CC(C)(C)C(=O)Nc1ccccc1Cc1nc(-c2ccco2)no1. The number of anilines is 1. The molecule has 1 amide bonds. The second kappa shape index (κ2) is 6.31. The minimum Gasteiger partial charge on any atom is -0.461 e. The highest BCUT2D eigenvalue weighted by Crippen LogP contribution is 2.23. The first-order chi connectivity index (χ1) is 11.4. The molecule has 6 heteroatoms. The van der Waals surface area contributed by atoms with E-state index in [9.17, 15) is 4.79 Å². The molecule has 0 saturated carbocycles. The molecule has 0 aliphatic heterocycles. The van der Waals surface area contributed by atoms with Crippen molar-refractivity contribution in [2.75, 3.05) is 5.32 Å². The maximum atomic E-state index is 12.2. The number of furan rings is 1. The predicted octanol–water partition coefficient (Wildman–Crippen LogP) is 3.91. The lowest BCUT2D eigenvalue weighted by atomic mass is 9.95. The topological polar surface area (TPSA) is 81.2 Å². The standard InChI is InChI=1S/C18H19N3O3/c1-18(2,3)17(22)19-13-8-5-4-7-12(13)11-15-20-16(21-24-15)14-9-6-10-23-14/h4-10H,11H2,1-3H3,(H,19,22). The maximum Gasteiger partial charge on any atom is 0.238 e. The van der Waals surface area contributed by atoms with Gasteiger partial charge in [0.1, 0.15) is 0 Å². The minimum absolute atomic E-state index is 0.0447. The first-order valence-corrected chi connectivity index (χ1v) is 7.69. The molecule has 0 bridgehead atoms. The van der Waals surface area contributed by atoms with Crippen molar-refractivity contribution in [1.82, 2.24) is 10.1 Å². The minimum atomic E-state index is -0.468. The van der Waals surface area contributed by atoms with Crippen molar-refractivity contribution in [3.05, 3.63) is 54.1 Å². The lowest BCUT2D eigenvalue weighted by molar-refractivity contribution is -0.123. The molecule has 0 radical (unpaired) electrons. The fraction of sp³-hybridized carbons (Fsp3) is 0.278. The van der Waals surface area contributed by atoms with Gasteiger partial charge in [-0.1, -0.05) is 44.1 Å². The summed E-state index contributed by atoms with van der Waals surface area (Å²) in [6.45, 7) is 5.62. The summed E-state index contributed by atoms with van der Waals surface area (Å²) in [6, 6.07) is 11.1. The van der Waals surface area contributed by atoms with Crippen LogP contribution in [0.3, 0.4) is 0 Å². The van der Waals surface area contributed by atoms with E-state index in [2.05, 4.69) is 15.5 Å². The van der Waals surface area contributed by atoms with E-state index < -0.39 is 5.41 Å². The van der Waals surface area contributed by atoms with Crippen LogP contribution in [0.25, 0.3) is 11.6 Å². The number of benzene rings is 1. The van der Waals surface area contributed by atoms with E-state index in [1.165, 1.54) is 0 Å². The summed E-state index contributed by atoms with van der Waals surface area (Å²) in [5, 5.41) is 6.88. The molecule has 0 atom stereocenters. The van der Waals surface area contributed by atoms with Crippen LogP contribution in [0.1, 0.15) is 32.2 Å². The van der Waals surface area contributed by atoms with Crippen molar-refractivity contribution in [1.29, 1.82) is 0 Å². The summed E-state index contributed by atoms with van der Waals surface area (Å²) in [4.78, 5) is 16.6. The molecule has 2 aromatic heterocycles. The quantitative estimate of drug-likeness (QED) is 0.786. The van der Waals surface area contributed by atoms with Crippen molar-refractivity contribution in [2.45, 2.75) is 27.2 Å². The van der Waals surface area contributed by atoms with Crippen LogP contribution in [0.4, 0.5) is 5.69 Å². The van der Waals surface area contributed by atoms with Crippen LogP contribution in [-0.2, 0) is 11.2 Å². The zero-order chi connectivity index (χ0) is 17.2. The maximum absolute atomic E-state index is 12.2. The van der Waals surface area contributed by atoms with Gasteiger partial charge in [-0.05, 0) is 23.8 Å². The Morgan fingerprint density at radius 2 is 1.96 bits per heavy atom. The Labute approximate surface area is 139 Å². The van der Waals surface area contributed by atoms with Gasteiger partial charge in [0, 0.05) is 11.1 Å². The first-order valence-electron chi connectivity index (χ1n) is 7.69. The molecule has 24 heavy (non-hydrogen) atoms. The van der Waals surface area contributed by atoms with E-state index in [0.717, 1.165) is 11.3 Å². The summed E-state index contributed by atoms with van der Waals surface area (Å²) in [5.74, 6) is 1.38. The van der Waals surface area contributed by atoms with E-state index in [-0.39, 0.29) is 5.91 Å². The molecule has 1 aromatic carbocycles. The molecule has 3 rings (SSSR count). The summed E-state index contributed by atoms with van der Waals surface area (Å²) in [5.41, 5.74) is 1.18. The van der Waals surface area contributed by atoms with E-state index in [0.29, 0.717) is 23.9 Å². The average molecular weight is 325 g/mol. The Kier molecular flexibility index (Phi) is 4.20. The van der Waals surface area contributed by atoms with Crippen molar-refractivity contribution in [3.63, 3.8) is 0 Å². The van der Waals surface area contributed by atoms with Crippen LogP contribution in [-0.4, -0.2) is 16.0 Å². The van der Waals surface area contributed by atoms with Crippen LogP contribution >= 0.6 is 0 Å². The van der Waals surface area contributed by atoms with Gasteiger partial charge in [0.05, 0.1) is 12.7 Å². The number of carbonyl (C=O) groups excluding carboxylic acids is 1. The first kappa shape index (κ1) is 16.0. The van der Waals surface area contributed by atoms with Gasteiger partial charge in [-0.25, -0.2) is 0 Å². The summed E-state index contributed by atoms with van der Waals surface area (Å²) in [7, 11) is 0. The molecular weight excluding hydrogens is 306 g/mol. The van der Waals surface area contributed by atoms with Gasteiger partial charge < -0.3 is 14.3 Å². The highest BCUT2D eigenvalue weighted by molar-refractivity contribution is 5.95. The molecular formula is C18H19N3O3. The molecule has 0 unspecified atom stereocenters. The number of para-hydroxylation sites is 1. The van der Waals surface area contributed by atoms with Crippen LogP contribution in [0.15, 0.2) is 51.6 Å².